The van der Waals surface area contributed by atoms with Crippen molar-refractivity contribution in [1.82, 2.24) is 4.90 Å². The summed E-state index contributed by atoms with van der Waals surface area (Å²) in [7, 11) is 0. The van der Waals surface area contributed by atoms with Crippen molar-refractivity contribution >= 4 is 23.8 Å². The van der Waals surface area contributed by atoms with E-state index in [4.69, 9.17) is 4.74 Å². The fourth-order valence-electron chi connectivity index (χ4n) is 4.20. The minimum atomic E-state index is -0.659. The summed E-state index contributed by atoms with van der Waals surface area (Å²) >= 11 is 0. The number of nitrogens with zero attached hydrogens (tertiary/aromatic N) is 2. The van der Waals surface area contributed by atoms with Crippen LogP contribution in [0.2, 0.25) is 0 Å². The molecule has 2 unspecified atom stereocenters. The van der Waals surface area contributed by atoms with Gasteiger partial charge in [-0.3, -0.25) is 9.79 Å². The van der Waals surface area contributed by atoms with E-state index >= 15 is 0 Å². The predicted molar refractivity (Wildman–Crippen MR) is 112 cm³/mol. The summed E-state index contributed by atoms with van der Waals surface area (Å²) in [6, 6.07) is 16.9. The molecule has 1 spiro atoms. The molecule has 2 heterocycles. The molecule has 2 aliphatic rings. The highest BCUT2D eigenvalue weighted by atomic mass is 16.6. The number of likely N-dealkylation sites (tertiary alicyclic amines) is 1. The molecule has 0 radical (unpaired) electrons. The smallest absolute Gasteiger partial charge is 0.329 e. The van der Waals surface area contributed by atoms with Gasteiger partial charge in [-0.15, -0.1) is 0 Å². The Kier molecular flexibility index (Phi) is 4.77. The number of aliphatic imine (C=N–C) groups is 1. The minimum absolute atomic E-state index is 0.0564. The van der Waals surface area contributed by atoms with E-state index in [1.807, 2.05) is 81.6 Å². The van der Waals surface area contributed by atoms with E-state index < -0.39 is 17.1 Å². The number of esters is 1. The standard InChI is InChI=1S/C24H26N2O3/c1-23(2,3)29-22(28)20-13-24(16-25-19-12-8-7-11-18(19)24)14-21(27)26(20)15-17-9-5-4-6-10-17/h4-12,16,20H,13-15H2,1-3H3. The van der Waals surface area contributed by atoms with Gasteiger partial charge in [0.1, 0.15) is 11.6 Å². The normalized spacial score (nSPS) is 23.3. The number of fused-ring (bicyclic) bond motifs is 2. The summed E-state index contributed by atoms with van der Waals surface area (Å²) in [4.78, 5) is 32.7. The molecular formula is C24H26N2O3. The van der Waals surface area contributed by atoms with Crippen LogP contribution in [-0.2, 0) is 26.3 Å². The number of para-hydroxylation sites is 1. The van der Waals surface area contributed by atoms with Gasteiger partial charge in [-0.05, 0) is 44.4 Å². The van der Waals surface area contributed by atoms with Gasteiger partial charge >= 0.3 is 5.97 Å². The first-order valence-corrected chi connectivity index (χ1v) is 9.98. The Bertz CT molecular complexity index is 962. The van der Waals surface area contributed by atoms with Crippen molar-refractivity contribution in [3.63, 3.8) is 0 Å². The largest absolute Gasteiger partial charge is 0.458 e. The molecule has 2 atom stereocenters. The highest BCUT2D eigenvalue weighted by Crippen LogP contribution is 2.46. The topological polar surface area (TPSA) is 59.0 Å². The highest BCUT2D eigenvalue weighted by molar-refractivity contribution is 5.96. The van der Waals surface area contributed by atoms with Crippen LogP contribution in [0.1, 0.15) is 44.7 Å². The number of benzene rings is 2. The minimum Gasteiger partial charge on any atom is -0.458 e. The lowest BCUT2D eigenvalue weighted by molar-refractivity contribution is -0.168. The van der Waals surface area contributed by atoms with Gasteiger partial charge in [0, 0.05) is 24.6 Å². The molecule has 0 saturated carbocycles. The molecule has 1 fully saturated rings. The molecule has 29 heavy (non-hydrogen) atoms. The van der Waals surface area contributed by atoms with Gasteiger partial charge in [0.25, 0.3) is 0 Å². The zero-order valence-electron chi connectivity index (χ0n) is 17.1. The van der Waals surface area contributed by atoms with Crippen LogP contribution in [-0.4, -0.2) is 34.6 Å². The third-order valence-corrected chi connectivity index (χ3v) is 5.49. The van der Waals surface area contributed by atoms with Gasteiger partial charge < -0.3 is 9.64 Å². The summed E-state index contributed by atoms with van der Waals surface area (Å²) in [5, 5.41) is 0. The summed E-state index contributed by atoms with van der Waals surface area (Å²) in [6.45, 7) is 5.93. The second-order valence-electron chi connectivity index (χ2n) is 8.87. The van der Waals surface area contributed by atoms with Crippen LogP contribution < -0.4 is 0 Å². The molecular weight excluding hydrogens is 364 g/mol. The number of amides is 1. The lowest BCUT2D eigenvalue weighted by Gasteiger charge is -2.43. The van der Waals surface area contributed by atoms with Gasteiger partial charge in [-0.2, -0.15) is 0 Å². The van der Waals surface area contributed by atoms with E-state index in [2.05, 4.69) is 4.99 Å². The van der Waals surface area contributed by atoms with Crippen molar-refractivity contribution in [1.29, 1.82) is 0 Å². The fourth-order valence-corrected chi connectivity index (χ4v) is 4.20. The first-order chi connectivity index (χ1) is 13.8. The third-order valence-electron chi connectivity index (χ3n) is 5.49. The van der Waals surface area contributed by atoms with E-state index in [0.29, 0.717) is 19.4 Å². The molecule has 5 nitrogen and oxygen atoms in total. The maximum atomic E-state index is 13.3. The molecule has 5 heteroatoms. The van der Waals surface area contributed by atoms with E-state index in [1.165, 1.54) is 0 Å². The van der Waals surface area contributed by atoms with Crippen molar-refractivity contribution in [2.75, 3.05) is 0 Å². The Morgan fingerprint density at radius 2 is 1.83 bits per heavy atom. The van der Waals surface area contributed by atoms with Crippen LogP contribution in [0.15, 0.2) is 59.6 Å². The lowest BCUT2D eigenvalue weighted by atomic mass is 9.71. The molecule has 0 N–H and O–H groups in total. The average molecular weight is 390 g/mol. The number of hydrogen-bond acceptors (Lipinski definition) is 4. The Labute approximate surface area is 171 Å². The molecule has 2 aromatic carbocycles. The zero-order valence-corrected chi connectivity index (χ0v) is 17.1. The zero-order chi connectivity index (χ0) is 20.6. The van der Waals surface area contributed by atoms with Crippen molar-refractivity contribution in [3.05, 3.63) is 65.7 Å². The Balaban J connectivity index is 1.69. The van der Waals surface area contributed by atoms with Crippen LogP contribution in [0.4, 0.5) is 5.69 Å². The second-order valence-corrected chi connectivity index (χ2v) is 8.87. The number of rotatable bonds is 3. The van der Waals surface area contributed by atoms with Gasteiger partial charge in [0.15, 0.2) is 0 Å². The molecule has 0 bridgehead atoms. The number of piperidine rings is 1. The maximum absolute atomic E-state index is 13.3. The summed E-state index contributed by atoms with van der Waals surface area (Å²) in [5.74, 6) is -0.419. The molecule has 2 aliphatic heterocycles. The number of carbonyl (C=O) groups is 2. The van der Waals surface area contributed by atoms with Crippen molar-refractivity contribution < 1.29 is 14.3 Å². The van der Waals surface area contributed by atoms with Crippen molar-refractivity contribution in [3.8, 4) is 0 Å². The molecule has 0 aromatic heterocycles. The average Bonchev–Trinajstić information content (AvgIpc) is 3.01. The SMILES string of the molecule is CC(C)(C)OC(=O)C1CC2(C=Nc3ccccc32)CC(=O)N1Cc1ccccc1. The highest BCUT2D eigenvalue weighted by Gasteiger charge is 2.50. The van der Waals surface area contributed by atoms with Gasteiger partial charge in [0.2, 0.25) is 5.91 Å². The fraction of sp³-hybridized carbons (Fsp3) is 0.375. The third kappa shape index (κ3) is 3.82. The van der Waals surface area contributed by atoms with Crippen LogP contribution in [0.3, 0.4) is 0 Å². The van der Waals surface area contributed by atoms with Crippen molar-refractivity contribution in [2.45, 2.75) is 57.2 Å². The monoisotopic (exact) mass is 390 g/mol. The quantitative estimate of drug-likeness (QED) is 0.739. The summed E-state index contributed by atoms with van der Waals surface area (Å²) < 4.78 is 5.71. The van der Waals surface area contributed by atoms with Gasteiger partial charge in [-0.25, -0.2) is 4.79 Å². The van der Waals surface area contributed by atoms with E-state index in [0.717, 1.165) is 16.8 Å². The first-order valence-electron chi connectivity index (χ1n) is 9.98. The Morgan fingerprint density at radius 3 is 2.55 bits per heavy atom. The second kappa shape index (κ2) is 7.14. The van der Waals surface area contributed by atoms with Crippen LogP contribution in [0.25, 0.3) is 0 Å². The molecule has 2 aromatic rings. The van der Waals surface area contributed by atoms with Gasteiger partial charge in [-0.1, -0.05) is 48.5 Å². The molecule has 150 valence electrons. The summed E-state index contributed by atoms with van der Waals surface area (Å²) in [5.41, 5.74) is 1.71. The van der Waals surface area contributed by atoms with Crippen LogP contribution in [0.5, 0.6) is 0 Å². The number of hydrogen-bond donors (Lipinski definition) is 0. The van der Waals surface area contributed by atoms with Gasteiger partial charge in [0.05, 0.1) is 5.69 Å². The number of carbonyl (C=O) groups excluding carboxylic acids is 2. The Hall–Kier alpha value is -2.95. The maximum Gasteiger partial charge on any atom is 0.329 e. The van der Waals surface area contributed by atoms with E-state index in [-0.39, 0.29) is 11.9 Å². The van der Waals surface area contributed by atoms with Crippen LogP contribution >= 0.6 is 0 Å². The molecule has 0 aliphatic carbocycles. The molecule has 1 saturated heterocycles. The van der Waals surface area contributed by atoms with E-state index in [9.17, 15) is 9.59 Å². The lowest BCUT2D eigenvalue weighted by Crippen LogP contribution is -2.56. The summed E-state index contributed by atoms with van der Waals surface area (Å²) in [6.07, 6.45) is 2.63. The molecule has 4 rings (SSSR count). The Morgan fingerprint density at radius 1 is 1.14 bits per heavy atom. The number of ether oxygens (including phenoxy) is 1. The van der Waals surface area contributed by atoms with E-state index in [1.54, 1.807) is 4.90 Å². The predicted octanol–water partition coefficient (Wildman–Crippen LogP) is 4.17. The molecule has 1 amide bonds. The first kappa shape index (κ1) is 19.4. The van der Waals surface area contributed by atoms with Crippen molar-refractivity contribution in [2.24, 2.45) is 4.99 Å². The van der Waals surface area contributed by atoms with Crippen LogP contribution in [0, 0.1) is 0 Å².